The first kappa shape index (κ1) is 13.6. The molecular weight excluding hydrogens is 322 g/mol. The zero-order valence-electron chi connectivity index (χ0n) is 11.2. The van der Waals surface area contributed by atoms with Gasteiger partial charge >= 0.3 is 0 Å². The number of nitrogens with two attached hydrogens (primary N) is 1. The second-order valence-electron chi connectivity index (χ2n) is 5.11. The summed E-state index contributed by atoms with van der Waals surface area (Å²) in [6.45, 7) is 0.556. The highest BCUT2D eigenvalue weighted by atomic mass is 79.9. The third kappa shape index (κ3) is 2.13. The molecule has 0 unspecified atom stereocenters. The number of hydrogen-bond acceptors (Lipinski definition) is 5. The van der Waals surface area contributed by atoms with Crippen molar-refractivity contribution in [2.45, 2.75) is 24.7 Å². The topological polar surface area (TPSA) is 74.2 Å². The van der Waals surface area contributed by atoms with Gasteiger partial charge in [0.1, 0.15) is 5.75 Å². The van der Waals surface area contributed by atoms with Gasteiger partial charge in [-0.05, 0) is 47.0 Å². The van der Waals surface area contributed by atoms with Crippen LogP contribution in [0.25, 0.3) is 11.4 Å². The molecule has 6 heteroatoms. The van der Waals surface area contributed by atoms with Crippen molar-refractivity contribution in [3.05, 3.63) is 28.6 Å². The lowest BCUT2D eigenvalue weighted by Gasteiger charge is -2.36. The lowest BCUT2D eigenvalue weighted by atomic mass is 9.69. The van der Waals surface area contributed by atoms with Crippen molar-refractivity contribution in [1.29, 1.82) is 0 Å². The molecule has 0 bridgehead atoms. The molecule has 0 aliphatic heterocycles. The Morgan fingerprint density at radius 1 is 1.45 bits per heavy atom. The van der Waals surface area contributed by atoms with Crippen molar-refractivity contribution >= 4 is 15.9 Å². The van der Waals surface area contributed by atoms with Crippen LogP contribution in [0.2, 0.25) is 0 Å². The minimum Gasteiger partial charge on any atom is -0.496 e. The standard InChI is InChI=1S/C14H16BrN3O2/c1-19-11-4-3-9(7-10(11)15)12-17-13(20-18-12)14(8-16)5-2-6-14/h3-4,7H,2,5-6,8,16H2,1H3. The Balaban J connectivity index is 1.92. The Bertz CT molecular complexity index is 617. The van der Waals surface area contributed by atoms with E-state index in [1.165, 1.54) is 6.42 Å². The fourth-order valence-corrected chi connectivity index (χ4v) is 3.01. The monoisotopic (exact) mass is 337 g/mol. The van der Waals surface area contributed by atoms with Crippen molar-refractivity contribution in [3.8, 4) is 17.1 Å². The van der Waals surface area contributed by atoms with Crippen molar-refractivity contribution in [2.75, 3.05) is 13.7 Å². The van der Waals surface area contributed by atoms with E-state index >= 15 is 0 Å². The van der Waals surface area contributed by atoms with Crippen LogP contribution in [0.5, 0.6) is 5.75 Å². The summed E-state index contributed by atoms with van der Waals surface area (Å²) < 4.78 is 11.5. The van der Waals surface area contributed by atoms with Crippen molar-refractivity contribution in [3.63, 3.8) is 0 Å². The first-order valence-electron chi connectivity index (χ1n) is 6.57. The van der Waals surface area contributed by atoms with Gasteiger partial charge in [-0.1, -0.05) is 11.6 Å². The SMILES string of the molecule is COc1ccc(-c2noc(C3(CN)CCC3)n2)cc1Br. The maximum atomic E-state index is 5.86. The lowest BCUT2D eigenvalue weighted by Crippen LogP contribution is -2.41. The van der Waals surface area contributed by atoms with E-state index in [0.29, 0.717) is 18.3 Å². The minimum atomic E-state index is -0.102. The molecule has 1 aromatic carbocycles. The van der Waals surface area contributed by atoms with Gasteiger partial charge in [0.15, 0.2) is 0 Å². The summed E-state index contributed by atoms with van der Waals surface area (Å²) in [6.07, 6.45) is 3.22. The molecule has 1 fully saturated rings. The van der Waals surface area contributed by atoms with E-state index in [2.05, 4.69) is 26.1 Å². The summed E-state index contributed by atoms with van der Waals surface area (Å²) in [5, 5.41) is 4.08. The zero-order valence-corrected chi connectivity index (χ0v) is 12.8. The average Bonchev–Trinajstić information content (AvgIpc) is 2.88. The second-order valence-corrected chi connectivity index (χ2v) is 5.96. The first-order chi connectivity index (χ1) is 9.68. The Hall–Kier alpha value is -1.40. The Labute approximate surface area is 125 Å². The molecule has 1 aliphatic rings. The van der Waals surface area contributed by atoms with Crippen molar-refractivity contribution in [2.24, 2.45) is 5.73 Å². The van der Waals surface area contributed by atoms with E-state index in [1.807, 2.05) is 18.2 Å². The van der Waals surface area contributed by atoms with Crippen LogP contribution in [0, 0.1) is 0 Å². The van der Waals surface area contributed by atoms with Crippen LogP contribution in [-0.2, 0) is 5.41 Å². The molecule has 0 radical (unpaired) electrons. The number of halogens is 1. The quantitative estimate of drug-likeness (QED) is 0.928. The molecule has 0 amide bonds. The van der Waals surface area contributed by atoms with Crippen LogP contribution in [-0.4, -0.2) is 23.8 Å². The summed E-state index contributed by atoms with van der Waals surface area (Å²) >= 11 is 3.46. The summed E-state index contributed by atoms with van der Waals surface area (Å²) in [6, 6.07) is 5.70. The van der Waals surface area contributed by atoms with Gasteiger partial charge < -0.3 is 15.0 Å². The summed E-state index contributed by atoms with van der Waals surface area (Å²) in [5.41, 5.74) is 6.64. The van der Waals surface area contributed by atoms with Gasteiger partial charge in [-0.3, -0.25) is 0 Å². The highest BCUT2D eigenvalue weighted by Gasteiger charge is 2.42. The Morgan fingerprint density at radius 3 is 2.80 bits per heavy atom. The van der Waals surface area contributed by atoms with Crippen LogP contribution >= 0.6 is 15.9 Å². The Kier molecular flexibility index (Phi) is 3.52. The van der Waals surface area contributed by atoms with Gasteiger partial charge in [0.25, 0.3) is 0 Å². The van der Waals surface area contributed by atoms with Gasteiger partial charge in [-0.2, -0.15) is 4.98 Å². The van der Waals surface area contributed by atoms with Crippen molar-refractivity contribution in [1.82, 2.24) is 10.1 Å². The molecule has 1 aliphatic carbocycles. The normalized spacial score (nSPS) is 16.8. The maximum Gasteiger partial charge on any atom is 0.234 e. The lowest BCUT2D eigenvalue weighted by molar-refractivity contribution is 0.182. The number of ether oxygens (including phenoxy) is 1. The molecule has 2 aromatic rings. The van der Waals surface area contributed by atoms with Crippen LogP contribution in [0.1, 0.15) is 25.2 Å². The number of hydrogen-bond donors (Lipinski definition) is 1. The summed E-state index contributed by atoms with van der Waals surface area (Å²) in [5.74, 6) is 2.02. The van der Waals surface area contributed by atoms with E-state index in [4.69, 9.17) is 15.0 Å². The smallest absolute Gasteiger partial charge is 0.234 e. The van der Waals surface area contributed by atoms with E-state index in [0.717, 1.165) is 28.6 Å². The van der Waals surface area contributed by atoms with Crippen molar-refractivity contribution < 1.29 is 9.26 Å². The number of nitrogens with zero attached hydrogens (tertiary/aromatic N) is 2. The predicted octanol–water partition coefficient (Wildman–Crippen LogP) is 2.89. The number of methoxy groups -OCH3 is 1. The van der Waals surface area contributed by atoms with Crippen LogP contribution in [0.3, 0.4) is 0 Å². The molecule has 0 saturated heterocycles. The first-order valence-corrected chi connectivity index (χ1v) is 7.36. The molecule has 2 N–H and O–H groups in total. The molecule has 106 valence electrons. The van der Waals surface area contributed by atoms with Gasteiger partial charge in [-0.15, -0.1) is 0 Å². The molecular formula is C14H16BrN3O2. The molecule has 0 spiro atoms. The average molecular weight is 338 g/mol. The molecule has 1 aromatic heterocycles. The van der Waals surface area contributed by atoms with E-state index in [9.17, 15) is 0 Å². The van der Waals surface area contributed by atoms with E-state index in [-0.39, 0.29) is 5.41 Å². The van der Waals surface area contributed by atoms with Gasteiger partial charge in [0, 0.05) is 12.1 Å². The fourth-order valence-electron chi connectivity index (χ4n) is 2.47. The molecule has 0 atom stereocenters. The van der Waals surface area contributed by atoms with Gasteiger partial charge in [0.05, 0.1) is 17.0 Å². The van der Waals surface area contributed by atoms with E-state index < -0.39 is 0 Å². The molecule has 3 rings (SSSR count). The van der Waals surface area contributed by atoms with Gasteiger partial charge in [-0.25, -0.2) is 0 Å². The highest BCUT2D eigenvalue weighted by molar-refractivity contribution is 9.10. The Morgan fingerprint density at radius 2 is 2.25 bits per heavy atom. The third-order valence-corrected chi connectivity index (χ3v) is 4.61. The second kappa shape index (κ2) is 5.18. The molecule has 5 nitrogen and oxygen atoms in total. The zero-order chi connectivity index (χ0) is 14.2. The minimum absolute atomic E-state index is 0.102. The fraction of sp³-hybridized carbons (Fsp3) is 0.429. The maximum absolute atomic E-state index is 5.86. The molecule has 1 saturated carbocycles. The van der Waals surface area contributed by atoms with E-state index in [1.54, 1.807) is 7.11 Å². The highest BCUT2D eigenvalue weighted by Crippen LogP contribution is 2.42. The summed E-state index contributed by atoms with van der Waals surface area (Å²) in [7, 11) is 1.63. The molecule has 1 heterocycles. The third-order valence-electron chi connectivity index (χ3n) is 3.99. The number of benzene rings is 1. The number of aromatic nitrogens is 2. The van der Waals surface area contributed by atoms with Crippen LogP contribution < -0.4 is 10.5 Å². The van der Waals surface area contributed by atoms with Crippen LogP contribution in [0.4, 0.5) is 0 Å². The summed E-state index contributed by atoms with van der Waals surface area (Å²) in [4.78, 5) is 4.52. The van der Waals surface area contributed by atoms with Crippen LogP contribution in [0.15, 0.2) is 27.2 Å². The largest absolute Gasteiger partial charge is 0.496 e. The predicted molar refractivity (Wildman–Crippen MR) is 78.6 cm³/mol. The van der Waals surface area contributed by atoms with Gasteiger partial charge in [0.2, 0.25) is 11.7 Å². The molecule has 20 heavy (non-hydrogen) atoms. The number of rotatable bonds is 4.